The minimum Gasteiger partial charge on any atom is -0.497 e. The maximum absolute atomic E-state index is 12.3. The van der Waals surface area contributed by atoms with Crippen molar-refractivity contribution < 1.29 is 14.3 Å². The lowest BCUT2D eigenvalue weighted by Crippen LogP contribution is -2.33. The van der Waals surface area contributed by atoms with Gasteiger partial charge in [0.05, 0.1) is 7.11 Å². The first kappa shape index (κ1) is 19.2. The van der Waals surface area contributed by atoms with Crippen molar-refractivity contribution in [2.24, 2.45) is 0 Å². The van der Waals surface area contributed by atoms with Crippen molar-refractivity contribution in [2.45, 2.75) is 25.7 Å². The quantitative estimate of drug-likeness (QED) is 0.713. The molecule has 0 saturated carbocycles. The van der Waals surface area contributed by atoms with E-state index in [1.807, 2.05) is 36.4 Å². The van der Waals surface area contributed by atoms with Crippen molar-refractivity contribution >= 4 is 5.91 Å². The van der Waals surface area contributed by atoms with Crippen LogP contribution in [0.3, 0.4) is 0 Å². The van der Waals surface area contributed by atoms with Crippen molar-refractivity contribution in [3.63, 3.8) is 0 Å². The van der Waals surface area contributed by atoms with Crippen LogP contribution in [0.5, 0.6) is 17.2 Å². The Morgan fingerprint density at radius 1 is 1.00 bits per heavy atom. The molecule has 1 heterocycles. The number of carbonyl (C=O) groups excluding carboxylic acids is 1. The zero-order valence-electron chi connectivity index (χ0n) is 15.9. The van der Waals surface area contributed by atoms with Crippen molar-refractivity contribution in [1.29, 1.82) is 0 Å². The number of ether oxygens (including phenoxy) is 2. The van der Waals surface area contributed by atoms with Crippen molar-refractivity contribution in [2.75, 3.05) is 33.3 Å². The van der Waals surface area contributed by atoms with Crippen molar-refractivity contribution in [3.05, 3.63) is 54.1 Å². The summed E-state index contributed by atoms with van der Waals surface area (Å²) in [5.41, 5.74) is 0.644. The molecule has 0 atom stereocenters. The number of piperidine rings is 1. The number of benzene rings is 2. The molecule has 0 spiro atoms. The van der Waals surface area contributed by atoms with Crippen LogP contribution in [0.1, 0.15) is 36.0 Å². The van der Waals surface area contributed by atoms with Crippen LogP contribution < -0.4 is 14.8 Å². The molecule has 0 unspecified atom stereocenters. The van der Waals surface area contributed by atoms with Crippen LogP contribution in [0.2, 0.25) is 0 Å². The van der Waals surface area contributed by atoms with Gasteiger partial charge in [0.15, 0.2) is 0 Å². The summed E-state index contributed by atoms with van der Waals surface area (Å²) < 4.78 is 11.0. The monoisotopic (exact) mass is 368 g/mol. The van der Waals surface area contributed by atoms with E-state index in [1.54, 1.807) is 19.2 Å². The van der Waals surface area contributed by atoms with Crippen LogP contribution in [0.25, 0.3) is 0 Å². The zero-order valence-corrected chi connectivity index (χ0v) is 15.9. The maximum Gasteiger partial charge on any atom is 0.251 e. The van der Waals surface area contributed by atoms with Gasteiger partial charge >= 0.3 is 0 Å². The fraction of sp³-hybridized carbons (Fsp3) is 0.409. The van der Waals surface area contributed by atoms with E-state index in [-0.39, 0.29) is 5.91 Å². The number of rotatable bonds is 8. The Morgan fingerprint density at radius 2 is 1.74 bits per heavy atom. The van der Waals surface area contributed by atoms with E-state index < -0.39 is 0 Å². The number of amides is 1. The number of methoxy groups -OCH3 is 1. The summed E-state index contributed by atoms with van der Waals surface area (Å²) in [6.45, 7) is 4.16. The highest BCUT2D eigenvalue weighted by atomic mass is 16.5. The summed E-state index contributed by atoms with van der Waals surface area (Å²) in [7, 11) is 1.62. The first-order valence-electron chi connectivity index (χ1n) is 9.67. The average Bonchev–Trinajstić information content (AvgIpc) is 2.72. The molecular formula is C22H28N2O3. The van der Waals surface area contributed by atoms with E-state index in [4.69, 9.17) is 9.47 Å². The lowest BCUT2D eigenvalue weighted by Gasteiger charge is -2.26. The molecule has 1 aliphatic heterocycles. The predicted molar refractivity (Wildman–Crippen MR) is 107 cm³/mol. The van der Waals surface area contributed by atoms with Gasteiger partial charge in [-0.25, -0.2) is 0 Å². The first-order valence-corrected chi connectivity index (χ1v) is 9.67. The molecule has 0 aromatic heterocycles. The van der Waals surface area contributed by atoms with Crippen LogP contribution >= 0.6 is 0 Å². The minimum absolute atomic E-state index is 0.0402. The number of nitrogens with zero attached hydrogens (tertiary/aromatic N) is 1. The molecule has 2 aromatic carbocycles. The predicted octanol–water partition coefficient (Wildman–Crippen LogP) is 4.09. The zero-order chi connectivity index (χ0) is 18.9. The van der Waals surface area contributed by atoms with Crippen molar-refractivity contribution in [3.8, 4) is 17.2 Å². The van der Waals surface area contributed by atoms with Crippen LogP contribution in [-0.2, 0) is 0 Å². The highest BCUT2D eigenvalue weighted by Gasteiger charge is 2.10. The Morgan fingerprint density at radius 3 is 2.48 bits per heavy atom. The number of carbonyl (C=O) groups is 1. The van der Waals surface area contributed by atoms with Crippen LogP contribution in [-0.4, -0.2) is 44.1 Å². The molecule has 1 amide bonds. The third-order valence-electron chi connectivity index (χ3n) is 4.78. The highest BCUT2D eigenvalue weighted by molar-refractivity contribution is 5.94. The fourth-order valence-corrected chi connectivity index (χ4v) is 3.26. The molecule has 3 rings (SSSR count). The third kappa shape index (κ3) is 6.00. The van der Waals surface area contributed by atoms with Gasteiger partial charge in [-0.1, -0.05) is 12.5 Å². The van der Waals surface area contributed by atoms with Crippen molar-refractivity contribution in [1.82, 2.24) is 10.2 Å². The van der Waals surface area contributed by atoms with Gasteiger partial charge in [-0.2, -0.15) is 0 Å². The topological polar surface area (TPSA) is 50.8 Å². The highest BCUT2D eigenvalue weighted by Crippen LogP contribution is 2.25. The maximum atomic E-state index is 12.3. The van der Waals surface area contributed by atoms with Gasteiger partial charge in [0, 0.05) is 18.2 Å². The molecule has 27 heavy (non-hydrogen) atoms. The Bertz CT molecular complexity index is 725. The normalized spacial score (nSPS) is 14.6. The molecule has 0 radical (unpaired) electrons. The van der Waals surface area contributed by atoms with Gasteiger partial charge in [-0.3, -0.25) is 4.79 Å². The Balaban J connectivity index is 1.44. The van der Waals surface area contributed by atoms with Gasteiger partial charge in [-0.05, 0) is 75.3 Å². The summed E-state index contributed by atoms with van der Waals surface area (Å²) in [5, 5.41) is 3.00. The Labute approximate surface area is 161 Å². The van der Waals surface area contributed by atoms with E-state index in [0.717, 1.165) is 18.7 Å². The molecule has 5 heteroatoms. The van der Waals surface area contributed by atoms with E-state index in [0.29, 0.717) is 23.6 Å². The van der Waals surface area contributed by atoms with Crippen LogP contribution in [0, 0.1) is 0 Å². The average molecular weight is 368 g/mol. The van der Waals surface area contributed by atoms with Gasteiger partial charge in [0.1, 0.15) is 17.2 Å². The number of hydrogen-bond acceptors (Lipinski definition) is 4. The summed E-state index contributed by atoms with van der Waals surface area (Å²) in [4.78, 5) is 14.8. The minimum atomic E-state index is -0.0402. The molecule has 0 aliphatic carbocycles. The largest absolute Gasteiger partial charge is 0.497 e. The molecule has 1 fully saturated rings. The Hall–Kier alpha value is -2.53. The van der Waals surface area contributed by atoms with Crippen LogP contribution in [0.15, 0.2) is 48.5 Å². The molecule has 144 valence electrons. The fourth-order valence-electron chi connectivity index (χ4n) is 3.26. The van der Waals surface area contributed by atoms with E-state index in [9.17, 15) is 4.79 Å². The third-order valence-corrected chi connectivity index (χ3v) is 4.78. The SMILES string of the molecule is COc1cccc(Oc2ccc(C(=O)NCCCN3CCCCC3)cc2)c1. The van der Waals surface area contributed by atoms with E-state index >= 15 is 0 Å². The second-order valence-electron chi connectivity index (χ2n) is 6.82. The van der Waals surface area contributed by atoms with Gasteiger partial charge in [0.2, 0.25) is 0 Å². The molecule has 2 aromatic rings. The smallest absolute Gasteiger partial charge is 0.251 e. The molecule has 1 N–H and O–H groups in total. The van der Waals surface area contributed by atoms with Gasteiger partial charge in [0.25, 0.3) is 5.91 Å². The summed E-state index contributed by atoms with van der Waals surface area (Å²) in [6.07, 6.45) is 4.95. The lowest BCUT2D eigenvalue weighted by atomic mass is 10.1. The molecule has 1 saturated heterocycles. The summed E-state index contributed by atoms with van der Waals surface area (Å²) >= 11 is 0. The molecule has 1 aliphatic rings. The number of likely N-dealkylation sites (tertiary alicyclic amines) is 1. The standard InChI is InChI=1S/C22H28N2O3/c1-26-20-7-5-8-21(17-20)27-19-11-9-18(10-12-19)22(25)23-13-6-16-24-14-3-2-4-15-24/h5,7-12,17H,2-4,6,13-16H2,1H3,(H,23,25). The second kappa shape index (κ2) is 9.97. The second-order valence-corrected chi connectivity index (χ2v) is 6.82. The first-order chi connectivity index (χ1) is 13.2. The van der Waals surface area contributed by atoms with Gasteiger partial charge in [-0.15, -0.1) is 0 Å². The van der Waals surface area contributed by atoms with E-state index in [1.165, 1.54) is 32.4 Å². The lowest BCUT2D eigenvalue weighted by molar-refractivity contribution is 0.0951. The molecule has 0 bridgehead atoms. The summed E-state index contributed by atoms with van der Waals surface area (Å²) in [5.74, 6) is 2.09. The molecule has 5 nitrogen and oxygen atoms in total. The summed E-state index contributed by atoms with van der Waals surface area (Å²) in [6, 6.07) is 14.6. The Kier molecular flexibility index (Phi) is 7.11. The number of nitrogens with one attached hydrogen (secondary N) is 1. The van der Waals surface area contributed by atoms with E-state index in [2.05, 4.69) is 10.2 Å². The number of hydrogen-bond donors (Lipinski definition) is 1. The molecular weight excluding hydrogens is 340 g/mol. The van der Waals surface area contributed by atoms with Gasteiger partial charge < -0.3 is 19.7 Å². The van der Waals surface area contributed by atoms with Crippen LogP contribution in [0.4, 0.5) is 0 Å².